The van der Waals surface area contributed by atoms with Crippen LogP contribution in [0.2, 0.25) is 0 Å². The second-order valence-corrected chi connectivity index (χ2v) is 6.17. The molecule has 2 atom stereocenters. The number of ether oxygens (including phenoxy) is 1. The van der Waals surface area contributed by atoms with Gasteiger partial charge in [0.05, 0.1) is 17.2 Å². The van der Waals surface area contributed by atoms with Crippen molar-refractivity contribution in [1.29, 1.82) is 0 Å². The molecule has 1 rings (SSSR count). The molecule has 0 aliphatic carbocycles. The predicted octanol–water partition coefficient (Wildman–Crippen LogP) is 2.21. The quantitative estimate of drug-likeness (QED) is 0.662. The van der Waals surface area contributed by atoms with E-state index in [0.29, 0.717) is 0 Å². The molecule has 3 nitrogen and oxygen atoms in total. The summed E-state index contributed by atoms with van der Waals surface area (Å²) in [4.78, 5) is 0. The molecule has 1 heterocycles. The van der Waals surface area contributed by atoms with E-state index in [2.05, 4.69) is 4.40 Å². The average molecular weight is 215 g/mol. The normalized spacial score (nSPS) is 24.9. The molecule has 1 aliphatic rings. The summed E-state index contributed by atoms with van der Waals surface area (Å²) in [5.74, 6) is 0. The summed E-state index contributed by atoms with van der Waals surface area (Å²) in [6, 6.07) is 0. The minimum atomic E-state index is -1.17. The highest BCUT2D eigenvalue weighted by Crippen LogP contribution is 2.13. The highest BCUT2D eigenvalue weighted by atomic mass is 32.2. The minimum Gasteiger partial charge on any atom is -0.493 e. The monoisotopic (exact) mass is 215 g/mol. The molecule has 0 amide bonds. The van der Waals surface area contributed by atoms with E-state index < -0.39 is 11.0 Å². The van der Waals surface area contributed by atoms with E-state index >= 15 is 0 Å². The lowest BCUT2D eigenvalue weighted by atomic mass is 10.2. The fourth-order valence-corrected chi connectivity index (χ4v) is 1.51. The van der Waals surface area contributed by atoms with Gasteiger partial charge in [-0.15, -0.1) is 0 Å². The summed E-state index contributed by atoms with van der Waals surface area (Å²) < 4.78 is 20.5. The minimum absolute atomic E-state index is 0.00806. The molecule has 80 valence electrons. The van der Waals surface area contributed by atoms with Crippen LogP contribution in [-0.2, 0) is 15.7 Å². The first kappa shape index (κ1) is 11.4. The van der Waals surface area contributed by atoms with E-state index in [1.165, 1.54) is 0 Å². The van der Waals surface area contributed by atoms with Gasteiger partial charge in [0, 0.05) is 0 Å². The molecule has 1 aliphatic heterocycles. The SMILES string of the molecule is CC(C)(C)S(=O)/N=C/[C@@H]1CCC=CO1. The molecule has 0 bridgehead atoms. The van der Waals surface area contributed by atoms with Gasteiger partial charge in [-0.2, -0.15) is 4.40 Å². The van der Waals surface area contributed by atoms with Crippen molar-refractivity contribution in [2.45, 2.75) is 44.5 Å². The topological polar surface area (TPSA) is 38.7 Å². The van der Waals surface area contributed by atoms with Crippen molar-refractivity contribution >= 4 is 17.2 Å². The Bertz CT molecular complexity index is 266. The molecule has 4 heteroatoms. The zero-order valence-corrected chi connectivity index (χ0v) is 9.71. The maximum atomic E-state index is 11.5. The van der Waals surface area contributed by atoms with Crippen LogP contribution in [0, 0.1) is 0 Å². The standard InChI is InChI=1S/C10H17NO2S/c1-10(2,3)14(12)11-8-9-6-4-5-7-13-9/h5,7-9H,4,6H2,1-3H3/b11-8+/t9-,14?/m0/s1. The molecule has 0 saturated carbocycles. The molecule has 14 heavy (non-hydrogen) atoms. The van der Waals surface area contributed by atoms with Crippen LogP contribution in [0.5, 0.6) is 0 Å². The Labute approximate surface area is 87.8 Å². The molecule has 0 radical (unpaired) electrons. The van der Waals surface area contributed by atoms with Gasteiger partial charge in [-0.1, -0.05) is 0 Å². The zero-order chi connectivity index (χ0) is 10.6. The third kappa shape index (κ3) is 3.62. The molecule has 0 N–H and O–H groups in total. The van der Waals surface area contributed by atoms with Crippen molar-refractivity contribution in [2.75, 3.05) is 0 Å². The molecule has 0 aromatic carbocycles. The second-order valence-electron chi connectivity index (χ2n) is 4.24. The van der Waals surface area contributed by atoms with Gasteiger partial charge in [0.15, 0.2) is 0 Å². The van der Waals surface area contributed by atoms with Crippen LogP contribution in [0.25, 0.3) is 0 Å². The first-order valence-corrected chi connectivity index (χ1v) is 5.87. The summed E-state index contributed by atoms with van der Waals surface area (Å²) in [5.41, 5.74) is 0. The van der Waals surface area contributed by atoms with Crippen LogP contribution in [0.1, 0.15) is 33.6 Å². The molecule has 0 aromatic heterocycles. The van der Waals surface area contributed by atoms with Crippen molar-refractivity contribution in [2.24, 2.45) is 4.40 Å². The number of rotatable bonds is 2. The lowest BCUT2D eigenvalue weighted by Gasteiger charge is -2.16. The number of hydrogen-bond donors (Lipinski definition) is 0. The smallest absolute Gasteiger partial charge is 0.144 e. The van der Waals surface area contributed by atoms with Crippen LogP contribution < -0.4 is 0 Å². The molecule has 0 aromatic rings. The summed E-state index contributed by atoms with van der Waals surface area (Å²) in [7, 11) is -1.17. The molecule has 0 spiro atoms. The van der Waals surface area contributed by atoms with E-state index in [0.717, 1.165) is 12.8 Å². The first-order valence-electron chi connectivity index (χ1n) is 4.77. The van der Waals surface area contributed by atoms with Gasteiger partial charge in [0.2, 0.25) is 0 Å². The highest BCUT2D eigenvalue weighted by molar-refractivity contribution is 7.85. The molecular formula is C10H17NO2S. The number of allylic oxidation sites excluding steroid dienone is 1. The van der Waals surface area contributed by atoms with Gasteiger partial charge < -0.3 is 4.74 Å². The lowest BCUT2D eigenvalue weighted by Crippen LogP contribution is -2.21. The van der Waals surface area contributed by atoms with Gasteiger partial charge >= 0.3 is 0 Å². The van der Waals surface area contributed by atoms with Crippen LogP contribution in [-0.4, -0.2) is 21.3 Å². The van der Waals surface area contributed by atoms with Gasteiger partial charge in [0.25, 0.3) is 0 Å². The van der Waals surface area contributed by atoms with Crippen LogP contribution in [0.15, 0.2) is 16.7 Å². The van der Waals surface area contributed by atoms with Crippen molar-refractivity contribution in [3.63, 3.8) is 0 Å². The Balaban J connectivity index is 2.47. The molecule has 0 fully saturated rings. The van der Waals surface area contributed by atoms with Crippen molar-refractivity contribution < 1.29 is 8.95 Å². The van der Waals surface area contributed by atoms with Crippen molar-refractivity contribution in [1.82, 2.24) is 0 Å². The summed E-state index contributed by atoms with van der Waals surface area (Å²) in [5, 5.41) is 0. The third-order valence-electron chi connectivity index (χ3n) is 1.81. The Hall–Kier alpha value is -0.640. The van der Waals surface area contributed by atoms with Crippen LogP contribution in [0.4, 0.5) is 0 Å². The Morgan fingerprint density at radius 3 is 2.79 bits per heavy atom. The van der Waals surface area contributed by atoms with E-state index in [9.17, 15) is 4.21 Å². The van der Waals surface area contributed by atoms with Crippen LogP contribution in [0.3, 0.4) is 0 Å². The van der Waals surface area contributed by atoms with Gasteiger partial charge in [-0.05, 0) is 39.7 Å². The van der Waals surface area contributed by atoms with E-state index in [1.54, 1.807) is 12.5 Å². The molecule has 1 unspecified atom stereocenters. The molecule has 0 saturated heterocycles. The second kappa shape index (κ2) is 4.73. The fourth-order valence-electron chi connectivity index (χ4n) is 0.944. The maximum absolute atomic E-state index is 11.5. The van der Waals surface area contributed by atoms with Crippen molar-refractivity contribution in [3.05, 3.63) is 12.3 Å². The van der Waals surface area contributed by atoms with E-state index in [1.807, 2.05) is 26.8 Å². The molecular weight excluding hydrogens is 198 g/mol. The summed E-state index contributed by atoms with van der Waals surface area (Å²) in [6.07, 6.45) is 7.22. The van der Waals surface area contributed by atoms with Crippen molar-refractivity contribution in [3.8, 4) is 0 Å². The third-order valence-corrected chi connectivity index (χ3v) is 3.18. The Morgan fingerprint density at radius 2 is 2.29 bits per heavy atom. The van der Waals surface area contributed by atoms with Gasteiger partial charge in [-0.25, -0.2) is 4.21 Å². The fraction of sp³-hybridized carbons (Fsp3) is 0.700. The number of hydrogen-bond acceptors (Lipinski definition) is 2. The Morgan fingerprint density at radius 1 is 1.57 bits per heavy atom. The lowest BCUT2D eigenvalue weighted by molar-refractivity contribution is 0.185. The predicted molar refractivity (Wildman–Crippen MR) is 59.6 cm³/mol. The highest BCUT2D eigenvalue weighted by Gasteiger charge is 2.19. The number of nitrogens with zero attached hydrogens (tertiary/aromatic N) is 1. The summed E-state index contributed by atoms with van der Waals surface area (Å²) >= 11 is 0. The van der Waals surface area contributed by atoms with Crippen LogP contribution >= 0.6 is 0 Å². The summed E-state index contributed by atoms with van der Waals surface area (Å²) in [6.45, 7) is 5.71. The van der Waals surface area contributed by atoms with E-state index in [4.69, 9.17) is 4.74 Å². The zero-order valence-electron chi connectivity index (χ0n) is 8.90. The van der Waals surface area contributed by atoms with Gasteiger partial charge in [0.1, 0.15) is 17.1 Å². The van der Waals surface area contributed by atoms with E-state index in [-0.39, 0.29) is 10.9 Å². The average Bonchev–Trinajstić information content (AvgIpc) is 2.14. The largest absolute Gasteiger partial charge is 0.493 e. The maximum Gasteiger partial charge on any atom is 0.144 e. The van der Waals surface area contributed by atoms with Gasteiger partial charge in [-0.3, -0.25) is 0 Å². The first-order chi connectivity index (χ1) is 6.50. The Kier molecular flexibility index (Phi) is 3.86.